The Morgan fingerprint density at radius 1 is 1.32 bits per heavy atom. The summed E-state index contributed by atoms with van der Waals surface area (Å²) in [5.41, 5.74) is -1.26. The molecule has 0 fully saturated rings. The van der Waals surface area contributed by atoms with E-state index in [9.17, 15) is 23.1 Å². The van der Waals surface area contributed by atoms with Crippen molar-refractivity contribution in [2.75, 3.05) is 7.11 Å². The number of alkyl halides is 3. The SMILES string of the molecule is CCc1c(O)c(C(=O)OC)c(C(F)(F)F)c2c1-c1ccccc1OC2. The van der Waals surface area contributed by atoms with Gasteiger partial charge in [-0.15, -0.1) is 0 Å². The minimum absolute atomic E-state index is 0.166. The molecule has 0 bridgehead atoms. The first-order valence-electron chi connectivity index (χ1n) is 7.59. The van der Waals surface area contributed by atoms with Crippen LogP contribution in [0, 0.1) is 0 Å². The number of carbonyl (C=O) groups is 1. The van der Waals surface area contributed by atoms with Crippen molar-refractivity contribution in [2.24, 2.45) is 0 Å². The van der Waals surface area contributed by atoms with E-state index in [1.165, 1.54) is 0 Å². The molecule has 25 heavy (non-hydrogen) atoms. The van der Waals surface area contributed by atoms with E-state index in [4.69, 9.17) is 4.74 Å². The molecule has 0 saturated heterocycles. The van der Waals surface area contributed by atoms with Crippen LogP contribution in [0.1, 0.15) is 34.0 Å². The molecule has 1 heterocycles. The van der Waals surface area contributed by atoms with E-state index in [1.54, 1.807) is 31.2 Å². The van der Waals surface area contributed by atoms with Gasteiger partial charge < -0.3 is 14.6 Å². The highest BCUT2D eigenvalue weighted by Gasteiger charge is 2.43. The number of carbonyl (C=O) groups excluding carboxylic acids is 1. The van der Waals surface area contributed by atoms with Gasteiger partial charge in [-0.05, 0) is 18.1 Å². The van der Waals surface area contributed by atoms with E-state index in [1.807, 2.05) is 0 Å². The van der Waals surface area contributed by atoms with Crippen LogP contribution in [0.25, 0.3) is 11.1 Å². The van der Waals surface area contributed by atoms with Gasteiger partial charge in [0.1, 0.15) is 23.7 Å². The zero-order chi connectivity index (χ0) is 18.4. The summed E-state index contributed by atoms with van der Waals surface area (Å²) in [7, 11) is 0.971. The summed E-state index contributed by atoms with van der Waals surface area (Å²) in [5, 5.41) is 10.5. The van der Waals surface area contributed by atoms with Crippen LogP contribution >= 0.6 is 0 Å². The second-order valence-corrected chi connectivity index (χ2v) is 5.56. The van der Waals surface area contributed by atoms with Crippen molar-refractivity contribution in [1.29, 1.82) is 0 Å². The quantitative estimate of drug-likeness (QED) is 0.818. The van der Waals surface area contributed by atoms with Crippen LogP contribution in [0.5, 0.6) is 11.5 Å². The molecule has 1 aliphatic heterocycles. The number of phenolic OH excluding ortho intramolecular Hbond substituents is 1. The lowest BCUT2D eigenvalue weighted by molar-refractivity contribution is -0.139. The Morgan fingerprint density at radius 2 is 2.00 bits per heavy atom. The molecule has 0 amide bonds. The highest BCUT2D eigenvalue weighted by molar-refractivity contribution is 5.98. The van der Waals surface area contributed by atoms with Gasteiger partial charge in [0.05, 0.1) is 12.7 Å². The maximum atomic E-state index is 13.8. The lowest BCUT2D eigenvalue weighted by Crippen LogP contribution is -2.22. The maximum Gasteiger partial charge on any atom is 0.417 e. The molecule has 0 spiro atoms. The van der Waals surface area contributed by atoms with Crippen molar-refractivity contribution in [1.82, 2.24) is 0 Å². The third-order valence-corrected chi connectivity index (χ3v) is 4.23. The Labute approximate surface area is 141 Å². The monoisotopic (exact) mass is 352 g/mol. The predicted octanol–water partition coefficient (Wildman–Crippen LogP) is 4.32. The molecule has 0 saturated carbocycles. The summed E-state index contributed by atoms with van der Waals surface area (Å²) in [6.07, 6.45) is -4.61. The van der Waals surface area contributed by atoms with Gasteiger partial charge in [0, 0.05) is 16.7 Å². The molecular formula is C18H15F3O4. The van der Waals surface area contributed by atoms with E-state index in [2.05, 4.69) is 4.74 Å². The second-order valence-electron chi connectivity index (χ2n) is 5.56. The van der Waals surface area contributed by atoms with Crippen molar-refractivity contribution < 1.29 is 32.5 Å². The number of benzene rings is 2. The minimum Gasteiger partial charge on any atom is -0.507 e. The maximum absolute atomic E-state index is 13.8. The van der Waals surface area contributed by atoms with Crippen LogP contribution < -0.4 is 4.74 Å². The summed E-state index contributed by atoms with van der Waals surface area (Å²) in [6.45, 7) is 1.35. The molecule has 132 valence electrons. The molecule has 0 aliphatic carbocycles. The van der Waals surface area contributed by atoms with Crippen LogP contribution in [-0.4, -0.2) is 18.2 Å². The number of hydrogen-bond acceptors (Lipinski definition) is 4. The van der Waals surface area contributed by atoms with Gasteiger partial charge >= 0.3 is 12.1 Å². The lowest BCUT2D eigenvalue weighted by atomic mass is 9.84. The van der Waals surface area contributed by atoms with Crippen molar-refractivity contribution in [2.45, 2.75) is 26.1 Å². The number of esters is 1. The number of phenols is 1. The van der Waals surface area contributed by atoms with Crippen LogP contribution in [0.15, 0.2) is 24.3 Å². The number of hydrogen-bond donors (Lipinski definition) is 1. The Kier molecular flexibility index (Phi) is 4.10. The topological polar surface area (TPSA) is 55.8 Å². The van der Waals surface area contributed by atoms with Crippen molar-refractivity contribution in [3.63, 3.8) is 0 Å². The Hall–Kier alpha value is -2.70. The Bertz CT molecular complexity index is 856. The van der Waals surface area contributed by atoms with Crippen molar-refractivity contribution >= 4 is 5.97 Å². The van der Waals surface area contributed by atoms with Crippen LogP contribution in [0.3, 0.4) is 0 Å². The zero-order valence-corrected chi connectivity index (χ0v) is 13.5. The molecule has 0 aromatic heterocycles. The molecular weight excluding hydrogens is 337 g/mol. The normalized spacial score (nSPS) is 12.8. The molecule has 1 aliphatic rings. The highest BCUT2D eigenvalue weighted by atomic mass is 19.4. The molecule has 0 radical (unpaired) electrons. The fourth-order valence-corrected chi connectivity index (χ4v) is 3.22. The number of para-hydroxylation sites is 1. The summed E-state index contributed by atoms with van der Waals surface area (Å²) in [6, 6.07) is 6.66. The minimum atomic E-state index is -4.85. The first-order chi connectivity index (χ1) is 11.8. The van der Waals surface area contributed by atoms with Crippen molar-refractivity contribution in [3.05, 3.63) is 46.5 Å². The van der Waals surface area contributed by atoms with Crippen LogP contribution in [0.4, 0.5) is 13.2 Å². The largest absolute Gasteiger partial charge is 0.507 e. The Balaban J connectivity index is 2.49. The molecule has 7 heteroatoms. The van der Waals surface area contributed by atoms with Gasteiger partial charge in [0.25, 0.3) is 0 Å². The first kappa shape index (κ1) is 17.1. The molecule has 2 aromatic carbocycles. The highest BCUT2D eigenvalue weighted by Crippen LogP contribution is 2.50. The van der Waals surface area contributed by atoms with E-state index >= 15 is 0 Å². The standard InChI is InChI=1S/C18H15F3O4/c1-3-9-13-10-6-4-5-7-12(10)25-8-11(13)15(18(19,20)21)14(16(9)22)17(23)24-2/h4-7,22H,3,8H2,1-2H3. The molecule has 2 aromatic rings. The van der Waals surface area contributed by atoms with Crippen molar-refractivity contribution in [3.8, 4) is 22.6 Å². The predicted molar refractivity (Wildman–Crippen MR) is 83.6 cm³/mol. The van der Waals surface area contributed by atoms with Crippen LogP contribution in [-0.2, 0) is 23.9 Å². The summed E-state index contributed by atoms with van der Waals surface area (Å²) in [5.74, 6) is -1.50. The van der Waals surface area contributed by atoms with E-state index in [-0.39, 0.29) is 29.7 Å². The van der Waals surface area contributed by atoms with E-state index in [0.29, 0.717) is 11.3 Å². The summed E-state index contributed by atoms with van der Waals surface area (Å²) in [4.78, 5) is 12.0. The average molecular weight is 352 g/mol. The third-order valence-electron chi connectivity index (χ3n) is 4.23. The fraction of sp³-hybridized carbons (Fsp3) is 0.278. The first-order valence-corrected chi connectivity index (χ1v) is 7.59. The van der Waals surface area contributed by atoms with E-state index in [0.717, 1.165) is 7.11 Å². The smallest absolute Gasteiger partial charge is 0.417 e. The Morgan fingerprint density at radius 3 is 2.60 bits per heavy atom. The number of aromatic hydroxyl groups is 1. The van der Waals surface area contributed by atoms with Gasteiger partial charge in [0.15, 0.2) is 0 Å². The summed E-state index contributed by atoms with van der Waals surface area (Å²) >= 11 is 0. The van der Waals surface area contributed by atoms with Gasteiger partial charge in [-0.2, -0.15) is 13.2 Å². The molecule has 4 nitrogen and oxygen atoms in total. The van der Waals surface area contributed by atoms with Gasteiger partial charge in [-0.3, -0.25) is 0 Å². The summed E-state index contributed by atoms with van der Waals surface area (Å²) < 4.78 is 51.2. The number of halogens is 3. The number of methoxy groups -OCH3 is 1. The van der Waals surface area contributed by atoms with Crippen LogP contribution in [0.2, 0.25) is 0 Å². The van der Waals surface area contributed by atoms with Gasteiger partial charge in [0.2, 0.25) is 0 Å². The molecule has 3 rings (SSSR count). The molecule has 0 unspecified atom stereocenters. The van der Waals surface area contributed by atoms with Gasteiger partial charge in [-0.1, -0.05) is 25.1 Å². The second kappa shape index (κ2) is 5.98. The third kappa shape index (κ3) is 2.59. The van der Waals surface area contributed by atoms with Gasteiger partial charge in [-0.25, -0.2) is 4.79 Å². The number of fused-ring (bicyclic) bond motifs is 3. The molecule has 0 atom stereocenters. The molecule has 1 N–H and O–H groups in total. The number of rotatable bonds is 2. The van der Waals surface area contributed by atoms with E-state index < -0.39 is 29.0 Å². The fourth-order valence-electron chi connectivity index (χ4n) is 3.22. The average Bonchev–Trinajstić information content (AvgIpc) is 2.59. The zero-order valence-electron chi connectivity index (χ0n) is 13.5. The number of ether oxygens (including phenoxy) is 2. The lowest BCUT2D eigenvalue weighted by Gasteiger charge is -2.28.